The Morgan fingerprint density at radius 1 is 0.750 bits per heavy atom. The van der Waals surface area contributed by atoms with E-state index in [0.29, 0.717) is 0 Å². The zero-order valence-electron chi connectivity index (χ0n) is 8.67. The highest BCUT2D eigenvalue weighted by Crippen LogP contribution is 2.22. The van der Waals surface area contributed by atoms with Crippen LogP contribution in [0.5, 0.6) is 0 Å². The lowest BCUT2D eigenvalue weighted by atomic mass is 10.1. The van der Waals surface area contributed by atoms with E-state index in [-0.39, 0.29) is 0 Å². The first-order valence-electron chi connectivity index (χ1n) is 5.19. The van der Waals surface area contributed by atoms with Gasteiger partial charge in [-0.15, -0.1) is 0 Å². The summed E-state index contributed by atoms with van der Waals surface area (Å²) in [5, 5.41) is 1.17. The van der Waals surface area contributed by atoms with Crippen molar-refractivity contribution in [2.75, 3.05) is 0 Å². The quantitative estimate of drug-likeness (QED) is 0.610. The van der Waals surface area contributed by atoms with E-state index in [1.165, 1.54) is 16.5 Å². The minimum atomic E-state index is 1.02. The molecule has 0 N–H and O–H groups in total. The fourth-order valence-electron chi connectivity index (χ4n) is 1.79. The SMILES string of the molecule is c1cnc2cc(-c3ccncc3)ccc2c1. The Balaban J connectivity index is 2.19. The summed E-state index contributed by atoms with van der Waals surface area (Å²) >= 11 is 0. The van der Waals surface area contributed by atoms with Crippen LogP contribution >= 0.6 is 0 Å². The van der Waals surface area contributed by atoms with Crippen molar-refractivity contribution < 1.29 is 0 Å². The first-order valence-corrected chi connectivity index (χ1v) is 5.19. The first kappa shape index (κ1) is 9.04. The van der Waals surface area contributed by atoms with Gasteiger partial charge in [-0.25, -0.2) is 0 Å². The molecule has 3 rings (SSSR count). The Labute approximate surface area is 93.6 Å². The average Bonchev–Trinajstić information content (AvgIpc) is 2.39. The second-order valence-corrected chi connectivity index (χ2v) is 3.65. The zero-order chi connectivity index (χ0) is 10.8. The number of rotatable bonds is 1. The highest BCUT2D eigenvalue weighted by molar-refractivity contribution is 5.83. The normalized spacial score (nSPS) is 10.5. The molecule has 1 aromatic carbocycles. The molecule has 2 aromatic heterocycles. The summed E-state index contributed by atoms with van der Waals surface area (Å²) in [6, 6.07) is 14.3. The molecule has 0 aliphatic rings. The summed E-state index contributed by atoms with van der Waals surface area (Å²) in [6.07, 6.45) is 5.43. The van der Waals surface area contributed by atoms with Gasteiger partial charge in [-0.3, -0.25) is 9.97 Å². The van der Waals surface area contributed by atoms with Crippen LogP contribution in [0.3, 0.4) is 0 Å². The minimum Gasteiger partial charge on any atom is -0.265 e. The molecule has 0 bridgehead atoms. The number of pyridine rings is 2. The van der Waals surface area contributed by atoms with Crippen LogP contribution in [0.4, 0.5) is 0 Å². The monoisotopic (exact) mass is 206 g/mol. The third-order valence-corrected chi connectivity index (χ3v) is 2.62. The van der Waals surface area contributed by atoms with E-state index in [1.807, 2.05) is 24.4 Å². The Morgan fingerprint density at radius 2 is 1.62 bits per heavy atom. The zero-order valence-corrected chi connectivity index (χ0v) is 8.67. The van der Waals surface area contributed by atoms with Crippen molar-refractivity contribution in [3.63, 3.8) is 0 Å². The molecule has 0 atom stereocenters. The van der Waals surface area contributed by atoms with Gasteiger partial charge in [-0.05, 0) is 35.4 Å². The average molecular weight is 206 g/mol. The summed E-state index contributed by atoms with van der Waals surface area (Å²) in [5.74, 6) is 0. The smallest absolute Gasteiger partial charge is 0.0708 e. The lowest BCUT2D eigenvalue weighted by Crippen LogP contribution is -1.81. The molecule has 76 valence electrons. The number of hydrogen-bond donors (Lipinski definition) is 0. The summed E-state index contributed by atoms with van der Waals surface area (Å²) in [7, 11) is 0. The summed E-state index contributed by atoms with van der Waals surface area (Å²) in [5.41, 5.74) is 3.37. The van der Waals surface area contributed by atoms with E-state index in [9.17, 15) is 0 Å². The van der Waals surface area contributed by atoms with E-state index in [0.717, 1.165) is 5.52 Å². The van der Waals surface area contributed by atoms with E-state index < -0.39 is 0 Å². The third-order valence-electron chi connectivity index (χ3n) is 2.62. The molecular formula is C14H10N2. The maximum Gasteiger partial charge on any atom is 0.0708 e. The predicted octanol–water partition coefficient (Wildman–Crippen LogP) is 3.30. The maximum atomic E-state index is 4.35. The van der Waals surface area contributed by atoms with Gasteiger partial charge in [0.2, 0.25) is 0 Å². The molecular weight excluding hydrogens is 196 g/mol. The van der Waals surface area contributed by atoms with Crippen molar-refractivity contribution >= 4 is 10.9 Å². The molecule has 0 saturated heterocycles. The Kier molecular flexibility index (Phi) is 2.11. The first-order chi connectivity index (χ1) is 7.93. The lowest BCUT2D eigenvalue weighted by Gasteiger charge is -2.02. The molecule has 0 aliphatic carbocycles. The molecule has 2 nitrogen and oxygen atoms in total. The van der Waals surface area contributed by atoms with Gasteiger partial charge >= 0.3 is 0 Å². The van der Waals surface area contributed by atoms with E-state index in [4.69, 9.17) is 0 Å². The van der Waals surface area contributed by atoms with Crippen LogP contribution < -0.4 is 0 Å². The van der Waals surface area contributed by atoms with Crippen LogP contribution in [0.2, 0.25) is 0 Å². The van der Waals surface area contributed by atoms with Crippen molar-refractivity contribution in [3.05, 3.63) is 61.1 Å². The van der Waals surface area contributed by atoms with Crippen molar-refractivity contribution in [3.8, 4) is 11.1 Å². The van der Waals surface area contributed by atoms with Gasteiger partial charge in [0, 0.05) is 24.0 Å². The molecule has 0 saturated carbocycles. The molecule has 0 radical (unpaired) electrons. The van der Waals surface area contributed by atoms with Gasteiger partial charge in [0.05, 0.1) is 5.52 Å². The van der Waals surface area contributed by atoms with Gasteiger partial charge in [-0.1, -0.05) is 18.2 Å². The molecule has 0 aliphatic heterocycles. The molecule has 2 heterocycles. The number of aromatic nitrogens is 2. The standard InChI is InChI=1S/C14H10N2/c1-2-12-3-4-13(10-14(12)16-7-1)11-5-8-15-9-6-11/h1-10H. The van der Waals surface area contributed by atoms with E-state index >= 15 is 0 Å². The largest absolute Gasteiger partial charge is 0.265 e. The Morgan fingerprint density at radius 3 is 2.50 bits per heavy atom. The van der Waals surface area contributed by atoms with Crippen molar-refractivity contribution in [2.24, 2.45) is 0 Å². The van der Waals surface area contributed by atoms with Crippen molar-refractivity contribution in [1.82, 2.24) is 9.97 Å². The summed E-state index contributed by atoms with van der Waals surface area (Å²) in [4.78, 5) is 8.37. The van der Waals surface area contributed by atoms with Crippen LogP contribution in [0.25, 0.3) is 22.0 Å². The van der Waals surface area contributed by atoms with Crippen LogP contribution in [-0.4, -0.2) is 9.97 Å². The van der Waals surface area contributed by atoms with Crippen LogP contribution in [-0.2, 0) is 0 Å². The number of hydrogen-bond acceptors (Lipinski definition) is 2. The van der Waals surface area contributed by atoms with Crippen molar-refractivity contribution in [2.45, 2.75) is 0 Å². The molecule has 0 amide bonds. The molecule has 0 fully saturated rings. The highest BCUT2D eigenvalue weighted by Gasteiger charge is 1.99. The van der Waals surface area contributed by atoms with Crippen LogP contribution in [0.1, 0.15) is 0 Å². The highest BCUT2D eigenvalue weighted by atomic mass is 14.6. The van der Waals surface area contributed by atoms with Gasteiger partial charge in [0.1, 0.15) is 0 Å². The molecule has 2 heteroatoms. The van der Waals surface area contributed by atoms with Gasteiger partial charge in [0.25, 0.3) is 0 Å². The van der Waals surface area contributed by atoms with Crippen LogP contribution in [0, 0.1) is 0 Å². The summed E-state index contributed by atoms with van der Waals surface area (Å²) in [6.45, 7) is 0. The molecule has 3 aromatic rings. The van der Waals surface area contributed by atoms with Crippen molar-refractivity contribution in [1.29, 1.82) is 0 Å². The minimum absolute atomic E-state index is 1.02. The topological polar surface area (TPSA) is 25.8 Å². The Bertz CT molecular complexity index is 618. The van der Waals surface area contributed by atoms with E-state index in [1.54, 1.807) is 12.4 Å². The maximum absolute atomic E-state index is 4.35. The molecule has 0 unspecified atom stereocenters. The second kappa shape index (κ2) is 3.74. The lowest BCUT2D eigenvalue weighted by molar-refractivity contribution is 1.33. The molecule has 16 heavy (non-hydrogen) atoms. The van der Waals surface area contributed by atoms with Gasteiger partial charge < -0.3 is 0 Å². The number of nitrogens with zero attached hydrogens (tertiary/aromatic N) is 2. The second-order valence-electron chi connectivity index (χ2n) is 3.65. The summed E-state index contributed by atoms with van der Waals surface area (Å²) < 4.78 is 0. The Hall–Kier alpha value is -2.22. The van der Waals surface area contributed by atoms with Crippen LogP contribution in [0.15, 0.2) is 61.1 Å². The predicted molar refractivity (Wildman–Crippen MR) is 65.0 cm³/mol. The third kappa shape index (κ3) is 1.54. The molecule has 0 spiro atoms. The fourth-order valence-corrected chi connectivity index (χ4v) is 1.79. The fraction of sp³-hybridized carbons (Fsp3) is 0. The number of fused-ring (bicyclic) bond motifs is 1. The van der Waals surface area contributed by atoms with Gasteiger partial charge in [-0.2, -0.15) is 0 Å². The number of benzene rings is 1. The van der Waals surface area contributed by atoms with Gasteiger partial charge in [0.15, 0.2) is 0 Å². The van der Waals surface area contributed by atoms with E-state index in [2.05, 4.69) is 34.2 Å².